The molecule has 2 rings (SSSR count). The van der Waals surface area contributed by atoms with Crippen LogP contribution in [0.15, 0.2) is 27.4 Å². The quantitative estimate of drug-likeness (QED) is 0.539. The topological polar surface area (TPSA) is 98.2 Å². The van der Waals surface area contributed by atoms with Crippen molar-refractivity contribution < 1.29 is 17.9 Å². The van der Waals surface area contributed by atoms with Crippen LogP contribution in [0.25, 0.3) is 0 Å². The normalized spacial score (nSPS) is 11.6. The molecule has 0 saturated carbocycles. The molecule has 0 amide bonds. The first-order valence-corrected chi connectivity index (χ1v) is 10.8. The largest absolute Gasteiger partial charge is 0.465 e. The number of carbonyl (C=O) groups is 1. The molecule has 136 valence electrons. The van der Waals surface area contributed by atoms with Crippen molar-refractivity contribution in [3.05, 3.63) is 28.8 Å². The van der Waals surface area contributed by atoms with Gasteiger partial charge in [-0.1, -0.05) is 48.5 Å². The predicted molar refractivity (Wildman–Crippen MR) is 99.1 cm³/mol. The standard InChI is InChI=1S/C14H16ClN3O4S3/c1-8(2)7-23-14-17-16-13(24-14)18-25(20,21)9-4-5-11(15)10(6-9)12(19)22-3/h4-6,8H,7H2,1-3H3,(H,16,18). The van der Waals surface area contributed by atoms with Gasteiger partial charge in [-0.3, -0.25) is 4.72 Å². The van der Waals surface area contributed by atoms with Crippen LogP contribution in [0.2, 0.25) is 5.02 Å². The molecular weight excluding hydrogens is 406 g/mol. The molecule has 0 spiro atoms. The molecule has 11 heteroatoms. The van der Waals surface area contributed by atoms with Crippen LogP contribution in [0, 0.1) is 5.92 Å². The Hall–Kier alpha value is -1.36. The van der Waals surface area contributed by atoms with E-state index in [1.54, 1.807) is 0 Å². The fraction of sp³-hybridized carbons (Fsp3) is 0.357. The lowest BCUT2D eigenvalue weighted by molar-refractivity contribution is 0.0600. The number of thioether (sulfide) groups is 1. The first-order valence-electron chi connectivity index (χ1n) is 7.10. The third-order valence-electron chi connectivity index (χ3n) is 2.82. The molecule has 1 heterocycles. The van der Waals surface area contributed by atoms with E-state index in [0.29, 0.717) is 10.3 Å². The minimum atomic E-state index is -3.93. The molecule has 1 N–H and O–H groups in total. The van der Waals surface area contributed by atoms with Gasteiger partial charge in [0.2, 0.25) is 5.13 Å². The Balaban J connectivity index is 2.21. The molecule has 1 aromatic carbocycles. The summed E-state index contributed by atoms with van der Waals surface area (Å²) in [4.78, 5) is 11.5. The van der Waals surface area contributed by atoms with E-state index in [4.69, 9.17) is 11.6 Å². The van der Waals surface area contributed by atoms with Gasteiger partial charge < -0.3 is 4.74 Å². The van der Waals surface area contributed by atoms with Crippen LogP contribution in [-0.2, 0) is 14.8 Å². The van der Waals surface area contributed by atoms with Crippen molar-refractivity contribution in [2.45, 2.75) is 23.1 Å². The number of halogens is 1. The van der Waals surface area contributed by atoms with E-state index < -0.39 is 16.0 Å². The molecule has 0 saturated heterocycles. The minimum absolute atomic E-state index is 0.0301. The molecule has 2 aromatic rings. The van der Waals surface area contributed by atoms with E-state index >= 15 is 0 Å². The van der Waals surface area contributed by atoms with Gasteiger partial charge in [0.15, 0.2) is 4.34 Å². The van der Waals surface area contributed by atoms with Gasteiger partial charge in [0.05, 0.1) is 22.6 Å². The predicted octanol–water partition coefficient (Wildman–Crippen LogP) is 3.53. The van der Waals surface area contributed by atoms with Crippen LogP contribution in [0.1, 0.15) is 24.2 Å². The third-order valence-corrected chi connectivity index (χ3v) is 7.02. The van der Waals surface area contributed by atoms with Crippen molar-refractivity contribution in [1.29, 1.82) is 0 Å². The number of nitrogens with one attached hydrogen (secondary N) is 1. The molecule has 0 unspecified atom stereocenters. The average Bonchev–Trinajstić information content (AvgIpc) is 2.99. The zero-order valence-corrected chi connectivity index (χ0v) is 16.9. The number of rotatable bonds is 7. The maximum absolute atomic E-state index is 12.5. The van der Waals surface area contributed by atoms with Gasteiger partial charge in [-0.2, -0.15) is 0 Å². The van der Waals surface area contributed by atoms with E-state index in [1.165, 1.54) is 31.0 Å². The van der Waals surface area contributed by atoms with Crippen molar-refractivity contribution in [3.63, 3.8) is 0 Å². The molecule has 0 bridgehead atoms. The second kappa shape index (κ2) is 8.35. The summed E-state index contributed by atoms with van der Waals surface area (Å²) < 4.78 is 32.6. The van der Waals surface area contributed by atoms with Gasteiger partial charge in [0, 0.05) is 5.75 Å². The Morgan fingerprint density at radius 2 is 2.12 bits per heavy atom. The highest BCUT2D eigenvalue weighted by atomic mass is 35.5. The van der Waals surface area contributed by atoms with Crippen LogP contribution in [0.4, 0.5) is 5.13 Å². The first-order chi connectivity index (χ1) is 11.7. The summed E-state index contributed by atoms with van der Waals surface area (Å²) >= 11 is 8.57. The number of ether oxygens (including phenoxy) is 1. The van der Waals surface area contributed by atoms with Crippen molar-refractivity contribution in [2.75, 3.05) is 17.6 Å². The lowest BCUT2D eigenvalue weighted by atomic mass is 10.2. The van der Waals surface area contributed by atoms with Crippen LogP contribution in [0.5, 0.6) is 0 Å². The van der Waals surface area contributed by atoms with Crippen LogP contribution < -0.4 is 4.72 Å². The van der Waals surface area contributed by atoms with Gasteiger partial charge in [-0.15, -0.1) is 10.2 Å². The van der Waals surface area contributed by atoms with Crippen molar-refractivity contribution in [1.82, 2.24) is 10.2 Å². The summed E-state index contributed by atoms with van der Waals surface area (Å²) in [5.74, 6) is 0.631. The molecule has 7 nitrogen and oxygen atoms in total. The van der Waals surface area contributed by atoms with E-state index in [1.807, 2.05) is 0 Å². The first kappa shape index (κ1) is 20.0. The fourth-order valence-electron chi connectivity index (χ4n) is 1.66. The van der Waals surface area contributed by atoms with Gasteiger partial charge in [0.1, 0.15) is 0 Å². The van der Waals surface area contributed by atoms with Gasteiger partial charge in [-0.05, 0) is 24.1 Å². The number of carbonyl (C=O) groups excluding carboxylic acids is 1. The Labute approximate surface area is 159 Å². The van der Waals surface area contributed by atoms with Crippen molar-refractivity contribution in [3.8, 4) is 0 Å². The molecule has 0 aliphatic heterocycles. The molecule has 0 aliphatic carbocycles. The fourth-order valence-corrected chi connectivity index (χ4v) is 4.84. The number of benzene rings is 1. The Morgan fingerprint density at radius 3 is 2.76 bits per heavy atom. The summed E-state index contributed by atoms with van der Waals surface area (Å²) in [5.41, 5.74) is -0.0301. The molecule has 0 aliphatic rings. The zero-order valence-electron chi connectivity index (χ0n) is 13.6. The number of hydrogen-bond acceptors (Lipinski definition) is 8. The summed E-state index contributed by atoms with van der Waals surface area (Å²) in [6.45, 7) is 4.16. The number of methoxy groups -OCH3 is 1. The van der Waals surface area contributed by atoms with E-state index in [-0.39, 0.29) is 20.6 Å². The molecule has 25 heavy (non-hydrogen) atoms. The summed E-state index contributed by atoms with van der Waals surface area (Å²) in [6.07, 6.45) is 0. The summed E-state index contributed by atoms with van der Waals surface area (Å²) in [5, 5.41) is 8.04. The Bertz CT molecular complexity index is 868. The highest BCUT2D eigenvalue weighted by Crippen LogP contribution is 2.29. The SMILES string of the molecule is COC(=O)c1cc(S(=O)(=O)Nc2nnc(SCC(C)C)s2)ccc1Cl. The molecule has 1 aromatic heterocycles. The number of anilines is 1. The number of hydrogen-bond donors (Lipinski definition) is 1. The Morgan fingerprint density at radius 1 is 1.40 bits per heavy atom. The van der Waals surface area contributed by atoms with Gasteiger partial charge in [-0.25, -0.2) is 13.2 Å². The number of aromatic nitrogens is 2. The summed E-state index contributed by atoms with van der Waals surface area (Å²) in [7, 11) is -2.74. The zero-order chi connectivity index (χ0) is 18.6. The average molecular weight is 422 g/mol. The van der Waals surface area contributed by atoms with Crippen LogP contribution >= 0.6 is 34.7 Å². The van der Waals surface area contributed by atoms with Gasteiger partial charge in [0.25, 0.3) is 10.0 Å². The molecule has 0 fully saturated rings. The molecule has 0 atom stereocenters. The van der Waals surface area contributed by atoms with Crippen LogP contribution in [0.3, 0.4) is 0 Å². The van der Waals surface area contributed by atoms with E-state index in [2.05, 4.69) is 33.5 Å². The lowest BCUT2D eigenvalue weighted by Crippen LogP contribution is -2.14. The van der Waals surface area contributed by atoms with E-state index in [9.17, 15) is 13.2 Å². The number of sulfonamides is 1. The van der Waals surface area contributed by atoms with Gasteiger partial charge >= 0.3 is 5.97 Å². The highest BCUT2D eigenvalue weighted by molar-refractivity contribution is 8.01. The second-order valence-corrected chi connectivity index (χ2v) is 9.65. The van der Waals surface area contributed by atoms with E-state index in [0.717, 1.165) is 23.2 Å². The maximum Gasteiger partial charge on any atom is 0.339 e. The minimum Gasteiger partial charge on any atom is -0.465 e. The maximum atomic E-state index is 12.5. The van der Waals surface area contributed by atoms with Crippen molar-refractivity contribution >= 4 is 55.8 Å². The second-order valence-electron chi connectivity index (χ2n) is 5.32. The lowest BCUT2D eigenvalue weighted by Gasteiger charge is -2.07. The smallest absolute Gasteiger partial charge is 0.339 e. The highest BCUT2D eigenvalue weighted by Gasteiger charge is 2.21. The summed E-state index contributed by atoms with van der Waals surface area (Å²) in [6, 6.07) is 3.78. The molecule has 0 radical (unpaired) electrons. The monoisotopic (exact) mass is 421 g/mol. The van der Waals surface area contributed by atoms with Crippen LogP contribution in [-0.4, -0.2) is 37.4 Å². The molecular formula is C14H16ClN3O4S3. The number of nitrogens with zero attached hydrogens (tertiary/aromatic N) is 2. The third kappa shape index (κ3) is 5.30. The Kier molecular flexibility index (Phi) is 6.66. The van der Waals surface area contributed by atoms with Crippen molar-refractivity contribution in [2.24, 2.45) is 5.92 Å². The number of esters is 1.